The lowest BCUT2D eigenvalue weighted by Crippen LogP contribution is -2.43. The Balaban J connectivity index is 2.43. The van der Waals surface area contributed by atoms with E-state index in [0.29, 0.717) is 0 Å². The second-order valence-electron chi connectivity index (χ2n) is 4.70. The number of methoxy groups -OCH3 is 1. The average molecular weight is 206 g/mol. The summed E-state index contributed by atoms with van der Waals surface area (Å²) in [5, 5.41) is 0. The van der Waals surface area contributed by atoms with Gasteiger partial charge in [0, 0.05) is 5.41 Å². The standard InChI is InChI=1S/C13H18O2/c1-9-5-11(13(3)7-15-8-13)6-10(2)12(9)14-4/h5-6H,7-8H2,1-4H3. The second-order valence-corrected chi connectivity index (χ2v) is 4.70. The molecule has 2 rings (SSSR count). The Morgan fingerprint density at radius 2 is 1.73 bits per heavy atom. The molecule has 0 radical (unpaired) electrons. The van der Waals surface area contributed by atoms with Crippen LogP contribution < -0.4 is 4.74 Å². The van der Waals surface area contributed by atoms with Gasteiger partial charge in [0.1, 0.15) is 5.75 Å². The fourth-order valence-electron chi connectivity index (χ4n) is 2.20. The SMILES string of the molecule is COc1c(C)cc(C2(C)COC2)cc1C. The maximum Gasteiger partial charge on any atom is 0.124 e. The van der Waals surface area contributed by atoms with Crippen LogP contribution in [0.4, 0.5) is 0 Å². The number of hydrogen-bond acceptors (Lipinski definition) is 2. The highest BCUT2D eigenvalue weighted by atomic mass is 16.5. The number of ether oxygens (including phenoxy) is 2. The molecule has 82 valence electrons. The van der Waals surface area contributed by atoms with Gasteiger partial charge in [-0.15, -0.1) is 0 Å². The van der Waals surface area contributed by atoms with Crippen LogP contribution in [0.15, 0.2) is 12.1 Å². The Labute approximate surface area is 91.2 Å². The predicted octanol–water partition coefficient (Wildman–Crippen LogP) is 2.60. The van der Waals surface area contributed by atoms with E-state index in [1.165, 1.54) is 16.7 Å². The van der Waals surface area contributed by atoms with E-state index in [1.54, 1.807) is 7.11 Å². The van der Waals surface area contributed by atoms with Gasteiger partial charge in [0.05, 0.1) is 20.3 Å². The van der Waals surface area contributed by atoms with Gasteiger partial charge >= 0.3 is 0 Å². The van der Waals surface area contributed by atoms with Crippen LogP contribution in [0, 0.1) is 13.8 Å². The molecule has 1 aromatic rings. The summed E-state index contributed by atoms with van der Waals surface area (Å²) >= 11 is 0. The molecule has 1 heterocycles. The zero-order chi connectivity index (χ0) is 11.1. The maximum atomic E-state index is 5.36. The van der Waals surface area contributed by atoms with Gasteiger partial charge < -0.3 is 9.47 Å². The molecule has 1 aromatic carbocycles. The fraction of sp³-hybridized carbons (Fsp3) is 0.538. The van der Waals surface area contributed by atoms with E-state index in [9.17, 15) is 0 Å². The van der Waals surface area contributed by atoms with Crippen LogP contribution >= 0.6 is 0 Å². The molecule has 0 spiro atoms. The Bertz CT molecular complexity index is 355. The van der Waals surface area contributed by atoms with Gasteiger partial charge in [0.15, 0.2) is 0 Å². The molecular formula is C13H18O2. The van der Waals surface area contributed by atoms with E-state index in [2.05, 4.69) is 32.9 Å². The molecule has 2 nitrogen and oxygen atoms in total. The van der Waals surface area contributed by atoms with E-state index in [1.807, 2.05) is 0 Å². The molecule has 0 unspecified atom stereocenters. The third-order valence-corrected chi connectivity index (χ3v) is 3.20. The highest BCUT2D eigenvalue weighted by molar-refractivity contribution is 5.46. The van der Waals surface area contributed by atoms with Crippen molar-refractivity contribution in [3.8, 4) is 5.75 Å². The molecule has 0 aromatic heterocycles. The van der Waals surface area contributed by atoms with Crippen molar-refractivity contribution in [2.45, 2.75) is 26.2 Å². The first-order valence-corrected chi connectivity index (χ1v) is 5.30. The molecular weight excluding hydrogens is 188 g/mol. The van der Waals surface area contributed by atoms with Gasteiger partial charge in [-0.25, -0.2) is 0 Å². The molecule has 0 atom stereocenters. The van der Waals surface area contributed by atoms with Crippen molar-refractivity contribution in [1.29, 1.82) is 0 Å². The highest BCUT2D eigenvalue weighted by Crippen LogP contribution is 2.35. The maximum absolute atomic E-state index is 5.36. The van der Waals surface area contributed by atoms with E-state index < -0.39 is 0 Å². The minimum atomic E-state index is 0.210. The summed E-state index contributed by atoms with van der Waals surface area (Å²) in [6.07, 6.45) is 0. The molecule has 2 heteroatoms. The molecule has 0 saturated carbocycles. The zero-order valence-electron chi connectivity index (χ0n) is 9.89. The van der Waals surface area contributed by atoms with Crippen molar-refractivity contribution < 1.29 is 9.47 Å². The lowest BCUT2D eigenvalue weighted by Gasteiger charge is -2.39. The van der Waals surface area contributed by atoms with Crippen LogP contribution in [0.1, 0.15) is 23.6 Å². The summed E-state index contributed by atoms with van der Waals surface area (Å²) in [4.78, 5) is 0. The van der Waals surface area contributed by atoms with Crippen LogP contribution in [0.3, 0.4) is 0 Å². The summed E-state index contributed by atoms with van der Waals surface area (Å²) < 4.78 is 10.7. The first-order valence-electron chi connectivity index (χ1n) is 5.30. The molecule has 0 amide bonds. The lowest BCUT2D eigenvalue weighted by molar-refractivity contribution is -0.0500. The summed E-state index contributed by atoms with van der Waals surface area (Å²) in [5.74, 6) is 1.00. The van der Waals surface area contributed by atoms with Gasteiger partial charge in [-0.1, -0.05) is 19.1 Å². The van der Waals surface area contributed by atoms with Crippen molar-refractivity contribution >= 4 is 0 Å². The summed E-state index contributed by atoms with van der Waals surface area (Å²) in [6, 6.07) is 4.43. The highest BCUT2D eigenvalue weighted by Gasteiger charge is 2.35. The van der Waals surface area contributed by atoms with E-state index >= 15 is 0 Å². The van der Waals surface area contributed by atoms with Crippen molar-refractivity contribution in [3.63, 3.8) is 0 Å². The average Bonchev–Trinajstić information content (AvgIpc) is 2.13. The van der Waals surface area contributed by atoms with Gasteiger partial charge in [0.25, 0.3) is 0 Å². The van der Waals surface area contributed by atoms with Crippen molar-refractivity contribution in [2.24, 2.45) is 0 Å². The number of rotatable bonds is 2. The largest absolute Gasteiger partial charge is 0.496 e. The number of hydrogen-bond donors (Lipinski definition) is 0. The van der Waals surface area contributed by atoms with Crippen LogP contribution in [-0.2, 0) is 10.2 Å². The van der Waals surface area contributed by atoms with Crippen LogP contribution in [-0.4, -0.2) is 20.3 Å². The molecule has 1 saturated heterocycles. The van der Waals surface area contributed by atoms with E-state index in [0.717, 1.165) is 19.0 Å². The smallest absolute Gasteiger partial charge is 0.124 e. The molecule has 1 fully saturated rings. The van der Waals surface area contributed by atoms with E-state index in [-0.39, 0.29) is 5.41 Å². The zero-order valence-corrected chi connectivity index (χ0v) is 9.89. The first-order chi connectivity index (χ1) is 7.07. The Morgan fingerprint density at radius 1 is 1.20 bits per heavy atom. The van der Waals surface area contributed by atoms with E-state index in [4.69, 9.17) is 9.47 Å². The fourth-order valence-corrected chi connectivity index (χ4v) is 2.20. The summed E-state index contributed by atoms with van der Waals surface area (Å²) in [7, 11) is 1.73. The molecule has 15 heavy (non-hydrogen) atoms. The van der Waals surface area contributed by atoms with Crippen LogP contribution in [0.25, 0.3) is 0 Å². The molecule has 1 aliphatic heterocycles. The van der Waals surface area contributed by atoms with Gasteiger partial charge in [-0.3, -0.25) is 0 Å². The normalized spacial score (nSPS) is 18.4. The van der Waals surface area contributed by atoms with Gasteiger partial charge in [0.2, 0.25) is 0 Å². The topological polar surface area (TPSA) is 18.5 Å². The van der Waals surface area contributed by atoms with Crippen LogP contribution in [0.5, 0.6) is 5.75 Å². The summed E-state index contributed by atoms with van der Waals surface area (Å²) in [5.41, 5.74) is 3.99. The summed E-state index contributed by atoms with van der Waals surface area (Å²) in [6.45, 7) is 8.10. The first kappa shape index (κ1) is 10.5. The van der Waals surface area contributed by atoms with Gasteiger partial charge in [-0.2, -0.15) is 0 Å². The third kappa shape index (κ3) is 1.63. The third-order valence-electron chi connectivity index (χ3n) is 3.20. The number of aryl methyl sites for hydroxylation is 2. The molecule has 0 bridgehead atoms. The second kappa shape index (κ2) is 3.53. The Morgan fingerprint density at radius 3 is 2.07 bits per heavy atom. The van der Waals surface area contributed by atoms with Crippen molar-refractivity contribution in [2.75, 3.05) is 20.3 Å². The minimum Gasteiger partial charge on any atom is -0.496 e. The predicted molar refractivity (Wildman–Crippen MR) is 60.6 cm³/mol. The quantitative estimate of drug-likeness (QED) is 0.740. The van der Waals surface area contributed by atoms with Gasteiger partial charge in [-0.05, 0) is 30.5 Å². The van der Waals surface area contributed by atoms with Crippen molar-refractivity contribution in [1.82, 2.24) is 0 Å². The molecule has 0 aliphatic carbocycles. The monoisotopic (exact) mass is 206 g/mol. The molecule has 0 N–H and O–H groups in total. The molecule has 1 aliphatic rings. The Hall–Kier alpha value is -1.02. The Kier molecular flexibility index (Phi) is 2.47. The number of benzene rings is 1. The van der Waals surface area contributed by atoms with Crippen molar-refractivity contribution in [3.05, 3.63) is 28.8 Å². The minimum absolute atomic E-state index is 0.210. The lowest BCUT2D eigenvalue weighted by atomic mass is 9.79. The van der Waals surface area contributed by atoms with Crippen LogP contribution in [0.2, 0.25) is 0 Å².